The Morgan fingerprint density at radius 3 is 3.00 bits per heavy atom. The summed E-state index contributed by atoms with van der Waals surface area (Å²) in [6.07, 6.45) is -0.389. The van der Waals surface area contributed by atoms with Crippen LogP contribution in [-0.2, 0) is 16.1 Å². The van der Waals surface area contributed by atoms with Crippen LogP contribution in [0.5, 0.6) is 0 Å². The highest BCUT2D eigenvalue weighted by atomic mass is 32.1. The summed E-state index contributed by atoms with van der Waals surface area (Å²) in [5, 5.41) is 12.3. The molecule has 0 aliphatic carbocycles. The number of β-amino-alcohol motifs (C(OH)–C–C–N with tert-alkyl or cyclic N) is 1. The average Bonchev–Trinajstić information content (AvgIpc) is 3.09. The number of nitrogens with zero attached hydrogens (tertiary/aromatic N) is 1. The summed E-state index contributed by atoms with van der Waals surface area (Å²) in [7, 11) is 0. The number of thiophene rings is 1. The summed E-state index contributed by atoms with van der Waals surface area (Å²) in [6, 6.07) is 12.4. The summed E-state index contributed by atoms with van der Waals surface area (Å²) in [5.74, 6) is 0. The van der Waals surface area contributed by atoms with Crippen molar-refractivity contribution in [2.75, 3.05) is 32.8 Å². The monoisotopic (exact) mass is 347 g/mol. The van der Waals surface area contributed by atoms with E-state index in [0.717, 1.165) is 13.1 Å². The molecule has 0 amide bonds. The van der Waals surface area contributed by atoms with E-state index >= 15 is 0 Å². The van der Waals surface area contributed by atoms with Gasteiger partial charge in [0.2, 0.25) is 0 Å². The lowest BCUT2D eigenvalue weighted by Gasteiger charge is -2.34. The molecule has 2 aromatic rings. The van der Waals surface area contributed by atoms with E-state index in [4.69, 9.17) is 9.47 Å². The van der Waals surface area contributed by atoms with Crippen molar-refractivity contribution in [3.8, 4) is 0 Å². The van der Waals surface area contributed by atoms with Gasteiger partial charge in [0.25, 0.3) is 0 Å². The van der Waals surface area contributed by atoms with Gasteiger partial charge in [-0.25, -0.2) is 0 Å². The molecule has 1 fully saturated rings. The van der Waals surface area contributed by atoms with Crippen LogP contribution >= 0.6 is 11.3 Å². The maximum atomic E-state index is 10.2. The molecule has 1 saturated heterocycles. The molecule has 2 atom stereocenters. The lowest BCUT2D eigenvalue weighted by molar-refractivity contribution is -0.0537. The van der Waals surface area contributed by atoms with E-state index in [0.29, 0.717) is 26.4 Å². The van der Waals surface area contributed by atoms with Crippen LogP contribution in [0.25, 0.3) is 0 Å². The third kappa shape index (κ3) is 4.88. The quantitative estimate of drug-likeness (QED) is 0.836. The van der Waals surface area contributed by atoms with Crippen molar-refractivity contribution < 1.29 is 14.6 Å². The molecule has 2 unspecified atom stereocenters. The standard InChI is InChI=1S/C19H25NO3S/c1-15-5-2-3-7-18(15)19-12-20(8-9-23-19)11-16(21)13-22-14-17-6-4-10-24-17/h2-7,10,16,19,21H,8-9,11-14H2,1H3. The Bertz CT molecular complexity index is 617. The van der Waals surface area contributed by atoms with Crippen molar-refractivity contribution >= 4 is 11.3 Å². The summed E-state index contributed by atoms with van der Waals surface area (Å²) in [5.41, 5.74) is 2.50. The van der Waals surface area contributed by atoms with Crippen LogP contribution in [0.1, 0.15) is 22.1 Å². The summed E-state index contributed by atoms with van der Waals surface area (Å²) in [4.78, 5) is 3.45. The van der Waals surface area contributed by atoms with Gasteiger partial charge < -0.3 is 14.6 Å². The van der Waals surface area contributed by atoms with Crippen LogP contribution in [0, 0.1) is 6.92 Å². The van der Waals surface area contributed by atoms with Crippen molar-refractivity contribution in [2.24, 2.45) is 0 Å². The van der Waals surface area contributed by atoms with Gasteiger partial charge in [0.15, 0.2) is 0 Å². The van der Waals surface area contributed by atoms with Crippen molar-refractivity contribution in [2.45, 2.75) is 25.7 Å². The van der Waals surface area contributed by atoms with Crippen molar-refractivity contribution in [1.82, 2.24) is 4.90 Å². The number of morpholine rings is 1. The zero-order valence-corrected chi connectivity index (χ0v) is 14.9. The number of aliphatic hydroxyl groups is 1. The molecule has 0 bridgehead atoms. The number of rotatable bonds is 7. The van der Waals surface area contributed by atoms with Gasteiger partial charge in [-0.2, -0.15) is 0 Å². The zero-order valence-electron chi connectivity index (χ0n) is 14.1. The zero-order chi connectivity index (χ0) is 16.8. The van der Waals surface area contributed by atoms with E-state index < -0.39 is 6.10 Å². The fourth-order valence-electron chi connectivity index (χ4n) is 3.05. The van der Waals surface area contributed by atoms with Gasteiger partial charge in [-0.05, 0) is 29.5 Å². The third-order valence-electron chi connectivity index (χ3n) is 4.29. The molecule has 3 rings (SSSR count). The van der Waals surface area contributed by atoms with E-state index in [-0.39, 0.29) is 6.10 Å². The number of benzene rings is 1. The molecule has 4 nitrogen and oxygen atoms in total. The second-order valence-electron chi connectivity index (χ2n) is 6.22. The minimum atomic E-state index is -0.472. The topological polar surface area (TPSA) is 41.9 Å². The van der Waals surface area contributed by atoms with E-state index in [9.17, 15) is 5.11 Å². The highest BCUT2D eigenvalue weighted by Crippen LogP contribution is 2.25. The first-order chi connectivity index (χ1) is 11.7. The molecular formula is C19H25NO3S. The smallest absolute Gasteiger partial charge is 0.0954 e. The lowest BCUT2D eigenvalue weighted by atomic mass is 10.0. The first-order valence-corrected chi connectivity index (χ1v) is 9.28. The Morgan fingerprint density at radius 1 is 1.33 bits per heavy atom. The molecule has 24 heavy (non-hydrogen) atoms. The Balaban J connectivity index is 1.45. The van der Waals surface area contributed by atoms with Crippen LogP contribution in [0.2, 0.25) is 0 Å². The van der Waals surface area contributed by atoms with E-state index in [1.165, 1.54) is 16.0 Å². The van der Waals surface area contributed by atoms with Crippen LogP contribution in [0.15, 0.2) is 41.8 Å². The summed E-state index contributed by atoms with van der Waals surface area (Å²) >= 11 is 1.68. The molecule has 1 aliphatic heterocycles. The van der Waals surface area contributed by atoms with E-state index in [1.54, 1.807) is 11.3 Å². The fraction of sp³-hybridized carbons (Fsp3) is 0.474. The molecule has 0 spiro atoms. The van der Waals surface area contributed by atoms with Crippen LogP contribution in [0.4, 0.5) is 0 Å². The van der Waals surface area contributed by atoms with Gasteiger partial charge >= 0.3 is 0 Å². The summed E-state index contributed by atoms with van der Waals surface area (Å²) in [6.45, 7) is 6.04. The molecule has 2 heterocycles. The highest BCUT2D eigenvalue weighted by Gasteiger charge is 2.24. The van der Waals surface area contributed by atoms with Crippen molar-refractivity contribution in [3.05, 3.63) is 57.8 Å². The Kier molecular flexibility index (Phi) is 6.40. The van der Waals surface area contributed by atoms with Crippen LogP contribution in [0.3, 0.4) is 0 Å². The second-order valence-corrected chi connectivity index (χ2v) is 7.26. The SMILES string of the molecule is Cc1ccccc1C1CN(CC(O)COCc2cccs2)CCO1. The molecule has 1 N–H and O–H groups in total. The normalized spacial score (nSPS) is 20.2. The van der Waals surface area contributed by atoms with E-state index in [2.05, 4.69) is 30.0 Å². The number of ether oxygens (including phenoxy) is 2. The van der Waals surface area contributed by atoms with Gasteiger partial charge in [-0.1, -0.05) is 30.3 Å². The Morgan fingerprint density at radius 2 is 2.21 bits per heavy atom. The third-order valence-corrected chi connectivity index (χ3v) is 5.14. The Hall–Kier alpha value is -1.24. The number of hydrogen-bond acceptors (Lipinski definition) is 5. The maximum Gasteiger partial charge on any atom is 0.0954 e. The van der Waals surface area contributed by atoms with Crippen LogP contribution < -0.4 is 0 Å². The number of aryl methyl sites for hydroxylation is 1. The first-order valence-electron chi connectivity index (χ1n) is 8.40. The fourth-order valence-corrected chi connectivity index (χ4v) is 3.69. The molecule has 130 valence electrons. The lowest BCUT2D eigenvalue weighted by Crippen LogP contribution is -2.43. The van der Waals surface area contributed by atoms with Crippen molar-refractivity contribution in [1.29, 1.82) is 0 Å². The average molecular weight is 347 g/mol. The summed E-state index contributed by atoms with van der Waals surface area (Å²) < 4.78 is 11.5. The largest absolute Gasteiger partial charge is 0.389 e. The first kappa shape index (κ1) is 17.6. The Labute approximate surface area is 147 Å². The van der Waals surface area contributed by atoms with Crippen LogP contribution in [-0.4, -0.2) is 49.0 Å². The van der Waals surface area contributed by atoms with E-state index in [1.807, 2.05) is 23.6 Å². The van der Waals surface area contributed by atoms with Gasteiger partial charge in [0, 0.05) is 24.5 Å². The minimum absolute atomic E-state index is 0.0826. The predicted octanol–water partition coefficient (Wildman–Crippen LogP) is 3.01. The molecule has 1 aromatic carbocycles. The molecular weight excluding hydrogens is 322 g/mol. The molecule has 5 heteroatoms. The molecule has 0 radical (unpaired) electrons. The van der Waals surface area contributed by atoms with Crippen molar-refractivity contribution in [3.63, 3.8) is 0 Å². The molecule has 0 saturated carbocycles. The number of hydrogen-bond donors (Lipinski definition) is 1. The number of aliphatic hydroxyl groups excluding tert-OH is 1. The van der Waals surface area contributed by atoms with Gasteiger partial charge in [0.05, 0.1) is 32.0 Å². The highest BCUT2D eigenvalue weighted by molar-refractivity contribution is 7.09. The van der Waals surface area contributed by atoms with Gasteiger partial charge in [0.1, 0.15) is 0 Å². The predicted molar refractivity (Wildman–Crippen MR) is 96.3 cm³/mol. The maximum absolute atomic E-state index is 10.2. The second kappa shape index (κ2) is 8.74. The van der Waals surface area contributed by atoms with Gasteiger partial charge in [-0.3, -0.25) is 4.90 Å². The minimum Gasteiger partial charge on any atom is -0.389 e. The molecule has 1 aromatic heterocycles. The van der Waals surface area contributed by atoms with Gasteiger partial charge in [-0.15, -0.1) is 11.3 Å². The molecule has 1 aliphatic rings.